The van der Waals surface area contributed by atoms with E-state index in [4.69, 9.17) is 0 Å². The Labute approximate surface area is 133 Å². The summed E-state index contributed by atoms with van der Waals surface area (Å²) in [7, 11) is 0. The maximum Gasteiger partial charge on any atom is 0.0602 e. The van der Waals surface area contributed by atoms with Gasteiger partial charge in [-0.1, -0.05) is 66.6 Å². The van der Waals surface area contributed by atoms with Gasteiger partial charge in [-0.2, -0.15) is 0 Å². The van der Waals surface area contributed by atoms with Crippen LogP contribution >= 0.6 is 0 Å². The molecule has 0 aromatic heterocycles. The van der Waals surface area contributed by atoms with E-state index in [1.807, 2.05) is 0 Å². The Morgan fingerprint density at radius 2 is 1.36 bits per heavy atom. The van der Waals surface area contributed by atoms with Crippen molar-refractivity contribution in [1.29, 1.82) is 0 Å². The van der Waals surface area contributed by atoms with Crippen LogP contribution < -0.4 is 5.32 Å². The van der Waals surface area contributed by atoms with Crippen molar-refractivity contribution in [2.75, 3.05) is 0 Å². The van der Waals surface area contributed by atoms with Gasteiger partial charge >= 0.3 is 0 Å². The van der Waals surface area contributed by atoms with E-state index < -0.39 is 0 Å². The van der Waals surface area contributed by atoms with Crippen LogP contribution in [-0.2, 0) is 0 Å². The molecule has 0 spiro atoms. The summed E-state index contributed by atoms with van der Waals surface area (Å²) >= 11 is 0. The first-order chi connectivity index (χ1) is 10.5. The third-order valence-electron chi connectivity index (χ3n) is 4.91. The molecule has 1 heterocycles. The fraction of sp³-hybridized carbons (Fsp3) is 0.400. The molecule has 2 aromatic carbocycles. The van der Waals surface area contributed by atoms with E-state index >= 15 is 0 Å². The molecule has 0 radical (unpaired) electrons. The molecule has 0 bridgehead atoms. The van der Waals surface area contributed by atoms with Crippen LogP contribution in [0.15, 0.2) is 48.5 Å². The summed E-state index contributed by atoms with van der Waals surface area (Å²) in [6, 6.07) is 17.7. The van der Waals surface area contributed by atoms with Crippen LogP contribution in [0.25, 0.3) is 0 Å². The van der Waals surface area contributed by atoms with Crippen LogP contribution in [0.5, 0.6) is 0 Å². The molecule has 1 saturated heterocycles. The van der Waals surface area contributed by atoms with Crippen LogP contribution in [-0.4, -0.2) is 11.2 Å². The maximum absolute atomic E-state index is 10.5. The summed E-state index contributed by atoms with van der Waals surface area (Å²) in [5, 5.41) is 14.3. The molecule has 0 amide bonds. The second kappa shape index (κ2) is 6.23. The predicted molar refractivity (Wildman–Crippen MR) is 90.8 cm³/mol. The summed E-state index contributed by atoms with van der Waals surface area (Å²) in [6.07, 6.45) is 0.492. The van der Waals surface area contributed by atoms with Crippen molar-refractivity contribution in [2.24, 2.45) is 5.92 Å². The van der Waals surface area contributed by atoms with Crippen molar-refractivity contribution < 1.29 is 5.11 Å². The topological polar surface area (TPSA) is 32.3 Å². The lowest BCUT2D eigenvalue weighted by Gasteiger charge is -2.40. The Bertz CT molecular complexity index is 617. The van der Waals surface area contributed by atoms with Gasteiger partial charge < -0.3 is 10.4 Å². The molecular weight excluding hydrogens is 270 g/mol. The highest BCUT2D eigenvalue weighted by Crippen LogP contribution is 2.37. The van der Waals surface area contributed by atoms with Crippen molar-refractivity contribution in [2.45, 2.75) is 45.4 Å². The van der Waals surface area contributed by atoms with E-state index in [0.717, 1.165) is 6.42 Å². The van der Waals surface area contributed by atoms with Gasteiger partial charge in [-0.25, -0.2) is 0 Å². The number of benzene rings is 2. The lowest BCUT2D eigenvalue weighted by molar-refractivity contribution is 0.0402. The molecule has 0 saturated carbocycles. The van der Waals surface area contributed by atoms with E-state index in [0.29, 0.717) is 0 Å². The Balaban J connectivity index is 1.86. The summed E-state index contributed by atoms with van der Waals surface area (Å²) in [4.78, 5) is 0. The fourth-order valence-corrected chi connectivity index (χ4v) is 3.32. The first-order valence-corrected chi connectivity index (χ1v) is 8.12. The molecule has 1 aliphatic rings. The van der Waals surface area contributed by atoms with Gasteiger partial charge in [0.1, 0.15) is 0 Å². The molecule has 1 fully saturated rings. The van der Waals surface area contributed by atoms with Gasteiger partial charge in [0.25, 0.3) is 0 Å². The number of rotatable bonds is 2. The molecule has 2 N–H and O–H groups in total. The van der Waals surface area contributed by atoms with Crippen molar-refractivity contribution >= 4 is 0 Å². The molecular formula is C20H25NO. The molecule has 2 nitrogen and oxygen atoms in total. The monoisotopic (exact) mass is 295 g/mol. The van der Waals surface area contributed by atoms with Crippen LogP contribution in [0, 0.1) is 19.8 Å². The first kappa shape index (κ1) is 15.3. The molecule has 2 aromatic rings. The second-order valence-corrected chi connectivity index (χ2v) is 6.68. The molecule has 22 heavy (non-hydrogen) atoms. The summed E-state index contributed by atoms with van der Waals surface area (Å²) in [5.74, 6) is 0.212. The Kier molecular flexibility index (Phi) is 4.32. The number of hydrogen-bond acceptors (Lipinski definition) is 2. The number of aryl methyl sites for hydroxylation is 2. The van der Waals surface area contributed by atoms with E-state index in [1.165, 1.54) is 22.3 Å². The highest BCUT2D eigenvalue weighted by atomic mass is 16.3. The van der Waals surface area contributed by atoms with Gasteiger partial charge in [-0.05, 0) is 31.4 Å². The normalized spacial score (nSPS) is 28.5. The number of nitrogens with one attached hydrogen (secondary N) is 1. The zero-order chi connectivity index (χ0) is 15.7. The van der Waals surface area contributed by atoms with E-state index in [-0.39, 0.29) is 24.1 Å². The Hall–Kier alpha value is -1.64. The SMILES string of the molecule is Cc1ccc([C@@H]2C[C@@H](O)[C@H](C)[C@H](c3ccc(C)cc3)N2)cc1. The Morgan fingerprint density at radius 1 is 0.864 bits per heavy atom. The molecule has 2 heteroatoms. The lowest BCUT2D eigenvalue weighted by atomic mass is 9.81. The van der Waals surface area contributed by atoms with Gasteiger partial charge in [0, 0.05) is 18.0 Å². The van der Waals surface area contributed by atoms with Crippen LogP contribution in [0.4, 0.5) is 0 Å². The minimum Gasteiger partial charge on any atom is -0.393 e. The molecule has 0 aliphatic carbocycles. The van der Waals surface area contributed by atoms with Gasteiger partial charge in [-0.15, -0.1) is 0 Å². The molecule has 3 rings (SSSR count). The lowest BCUT2D eigenvalue weighted by Crippen LogP contribution is -2.43. The molecule has 116 valence electrons. The Morgan fingerprint density at radius 3 is 1.91 bits per heavy atom. The third-order valence-corrected chi connectivity index (χ3v) is 4.91. The molecule has 0 unspecified atom stereocenters. The zero-order valence-electron chi connectivity index (χ0n) is 13.6. The quantitative estimate of drug-likeness (QED) is 0.875. The standard InChI is InChI=1S/C20H25NO/c1-13-4-8-16(9-5-13)18-12-19(22)15(3)20(21-18)17-10-6-14(2)7-11-17/h4-11,15,18-22H,12H2,1-3H3/t15-,18-,19+,20+/m0/s1. The van der Waals surface area contributed by atoms with E-state index in [9.17, 15) is 5.11 Å². The average Bonchev–Trinajstić information content (AvgIpc) is 2.52. The highest BCUT2D eigenvalue weighted by Gasteiger charge is 2.34. The van der Waals surface area contributed by atoms with Crippen LogP contribution in [0.3, 0.4) is 0 Å². The minimum atomic E-state index is -0.279. The van der Waals surface area contributed by atoms with Gasteiger partial charge in [0.05, 0.1) is 6.10 Å². The average molecular weight is 295 g/mol. The maximum atomic E-state index is 10.5. The van der Waals surface area contributed by atoms with Crippen LogP contribution in [0.1, 0.15) is 47.7 Å². The van der Waals surface area contributed by atoms with E-state index in [1.54, 1.807) is 0 Å². The zero-order valence-corrected chi connectivity index (χ0v) is 13.6. The number of hydrogen-bond donors (Lipinski definition) is 2. The largest absolute Gasteiger partial charge is 0.393 e. The smallest absolute Gasteiger partial charge is 0.0602 e. The van der Waals surface area contributed by atoms with Gasteiger partial charge in [0.2, 0.25) is 0 Å². The molecule has 1 aliphatic heterocycles. The van der Waals surface area contributed by atoms with E-state index in [2.05, 4.69) is 74.6 Å². The predicted octanol–water partition coefficient (Wildman–Crippen LogP) is 4.08. The summed E-state index contributed by atoms with van der Waals surface area (Å²) in [6.45, 7) is 6.34. The van der Waals surface area contributed by atoms with Gasteiger partial charge in [0.15, 0.2) is 0 Å². The fourth-order valence-electron chi connectivity index (χ4n) is 3.32. The minimum absolute atomic E-state index is 0.190. The van der Waals surface area contributed by atoms with Crippen LogP contribution in [0.2, 0.25) is 0 Å². The first-order valence-electron chi connectivity index (χ1n) is 8.12. The van der Waals surface area contributed by atoms with Crippen molar-refractivity contribution in [3.05, 3.63) is 70.8 Å². The number of piperidine rings is 1. The van der Waals surface area contributed by atoms with Crippen molar-refractivity contribution in [3.8, 4) is 0 Å². The summed E-state index contributed by atoms with van der Waals surface area (Å²) in [5.41, 5.74) is 5.05. The second-order valence-electron chi connectivity index (χ2n) is 6.68. The van der Waals surface area contributed by atoms with Gasteiger partial charge in [-0.3, -0.25) is 0 Å². The van der Waals surface area contributed by atoms with Crippen molar-refractivity contribution in [3.63, 3.8) is 0 Å². The highest BCUT2D eigenvalue weighted by molar-refractivity contribution is 5.29. The third kappa shape index (κ3) is 3.08. The number of aliphatic hydroxyl groups excluding tert-OH is 1. The molecule has 4 atom stereocenters. The summed E-state index contributed by atoms with van der Waals surface area (Å²) < 4.78 is 0. The number of aliphatic hydroxyl groups is 1. The van der Waals surface area contributed by atoms with Crippen molar-refractivity contribution in [1.82, 2.24) is 5.32 Å².